The van der Waals surface area contributed by atoms with E-state index in [0.29, 0.717) is 0 Å². The monoisotopic (exact) mass is 308 g/mol. The Morgan fingerprint density at radius 2 is 1.70 bits per heavy atom. The highest BCUT2D eigenvalue weighted by molar-refractivity contribution is 6.20. The first-order valence-corrected chi connectivity index (χ1v) is 6.98. The summed E-state index contributed by atoms with van der Waals surface area (Å²) in [5.41, 5.74) is 2.03. The molecule has 20 heavy (non-hydrogen) atoms. The first kappa shape index (κ1) is 17.3. The minimum absolute atomic E-state index is 0.0765. The second-order valence-corrected chi connectivity index (χ2v) is 5.98. The third-order valence-electron chi connectivity index (χ3n) is 3.47. The molecule has 0 aliphatic carbocycles. The van der Waals surface area contributed by atoms with Crippen LogP contribution in [-0.4, -0.2) is 19.4 Å². The molecule has 0 amide bonds. The number of rotatable bonds is 6. The van der Waals surface area contributed by atoms with Crippen molar-refractivity contribution in [3.05, 3.63) is 35.4 Å². The Labute approximate surface area is 123 Å². The van der Waals surface area contributed by atoms with Gasteiger partial charge in [-0.15, -0.1) is 11.6 Å². The predicted molar refractivity (Wildman–Crippen MR) is 75.2 cm³/mol. The van der Waals surface area contributed by atoms with Crippen molar-refractivity contribution in [3.63, 3.8) is 0 Å². The summed E-state index contributed by atoms with van der Waals surface area (Å²) >= 11 is 6.04. The fourth-order valence-electron chi connectivity index (χ4n) is 1.72. The average molecular weight is 309 g/mol. The van der Waals surface area contributed by atoms with Crippen molar-refractivity contribution in [2.75, 3.05) is 13.2 Å². The van der Waals surface area contributed by atoms with Gasteiger partial charge in [0.2, 0.25) is 0 Å². The van der Waals surface area contributed by atoms with E-state index in [0.717, 1.165) is 12.0 Å². The summed E-state index contributed by atoms with van der Waals surface area (Å²) in [6, 6.07) is 7.64. The quantitative estimate of drug-likeness (QED) is 0.654. The zero-order chi connectivity index (χ0) is 15.4. The number of hydrogen-bond donors (Lipinski definition) is 0. The van der Waals surface area contributed by atoms with Crippen molar-refractivity contribution in [1.29, 1.82) is 0 Å². The van der Waals surface area contributed by atoms with Crippen LogP contribution in [-0.2, 0) is 10.2 Å². The van der Waals surface area contributed by atoms with Gasteiger partial charge in [-0.05, 0) is 23.0 Å². The van der Waals surface area contributed by atoms with Crippen molar-refractivity contribution < 1.29 is 17.9 Å². The summed E-state index contributed by atoms with van der Waals surface area (Å²) in [5.74, 6) is 0. The van der Waals surface area contributed by atoms with Gasteiger partial charge in [0.25, 0.3) is 0 Å². The number of hydrogen-bond acceptors (Lipinski definition) is 1. The van der Waals surface area contributed by atoms with Gasteiger partial charge in [-0.2, -0.15) is 13.2 Å². The molecule has 1 aromatic carbocycles. The Kier molecular flexibility index (Phi) is 5.90. The average Bonchev–Trinajstić information content (AvgIpc) is 2.37. The molecule has 0 bridgehead atoms. The van der Waals surface area contributed by atoms with E-state index < -0.39 is 18.2 Å². The molecule has 0 aromatic heterocycles. The van der Waals surface area contributed by atoms with E-state index in [4.69, 9.17) is 11.6 Å². The Balaban J connectivity index is 2.60. The largest absolute Gasteiger partial charge is 0.411 e. The van der Waals surface area contributed by atoms with Gasteiger partial charge in [0.15, 0.2) is 0 Å². The van der Waals surface area contributed by atoms with Gasteiger partial charge in [-0.1, -0.05) is 45.0 Å². The second-order valence-electron chi connectivity index (χ2n) is 5.46. The zero-order valence-electron chi connectivity index (χ0n) is 11.9. The normalized spacial score (nSPS) is 14.3. The summed E-state index contributed by atoms with van der Waals surface area (Å²) < 4.78 is 40.5. The van der Waals surface area contributed by atoms with Gasteiger partial charge in [0.1, 0.15) is 6.61 Å². The zero-order valence-corrected chi connectivity index (χ0v) is 12.7. The van der Waals surface area contributed by atoms with Gasteiger partial charge >= 0.3 is 6.18 Å². The van der Waals surface area contributed by atoms with Crippen molar-refractivity contribution >= 4 is 11.6 Å². The Morgan fingerprint density at radius 1 is 1.15 bits per heavy atom. The topological polar surface area (TPSA) is 9.23 Å². The van der Waals surface area contributed by atoms with E-state index in [2.05, 4.69) is 25.5 Å². The van der Waals surface area contributed by atoms with Gasteiger partial charge in [-0.25, -0.2) is 0 Å². The SMILES string of the molecule is CCC(C)(C)c1ccc(C(Cl)COCC(F)(F)F)cc1. The molecule has 1 aromatic rings. The van der Waals surface area contributed by atoms with Crippen LogP contribution in [0.3, 0.4) is 0 Å². The van der Waals surface area contributed by atoms with Gasteiger partial charge in [-0.3, -0.25) is 0 Å². The van der Waals surface area contributed by atoms with Crippen LogP contribution >= 0.6 is 11.6 Å². The molecule has 1 unspecified atom stereocenters. The van der Waals surface area contributed by atoms with Gasteiger partial charge in [0, 0.05) is 0 Å². The Bertz CT molecular complexity index is 412. The maximum atomic E-state index is 12.0. The molecule has 1 rings (SSSR count). The molecule has 1 nitrogen and oxygen atoms in total. The summed E-state index contributed by atoms with van der Waals surface area (Å²) in [6.07, 6.45) is -3.31. The number of alkyl halides is 4. The maximum absolute atomic E-state index is 12.0. The van der Waals surface area contributed by atoms with Crippen molar-refractivity contribution in [3.8, 4) is 0 Å². The van der Waals surface area contributed by atoms with Crippen LogP contribution in [0.25, 0.3) is 0 Å². The smallest absolute Gasteiger partial charge is 0.370 e. The first-order chi connectivity index (χ1) is 9.15. The summed E-state index contributed by atoms with van der Waals surface area (Å²) in [7, 11) is 0. The lowest BCUT2D eigenvalue weighted by atomic mass is 9.82. The molecule has 5 heteroatoms. The standard InChI is InChI=1S/C15H20ClF3O/c1-4-14(2,3)12-7-5-11(6-8-12)13(16)9-20-10-15(17,18)19/h5-8,13H,4,9-10H2,1-3H3. The third-order valence-corrected chi connectivity index (χ3v) is 3.85. The molecule has 114 valence electrons. The summed E-state index contributed by atoms with van der Waals surface area (Å²) in [4.78, 5) is 0. The Hall–Kier alpha value is -0.740. The molecule has 0 N–H and O–H groups in total. The third kappa shape index (κ3) is 5.33. The van der Waals surface area contributed by atoms with Crippen molar-refractivity contribution in [2.24, 2.45) is 0 Å². The lowest BCUT2D eigenvalue weighted by Crippen LogP contribution is -2.18. The number of benzene rings is 1. The highest BCUT2D eigenvalue weighted by Gasteiger charge is 2.28. The number of halogens is 4. The highest BCUT2D eigenvalue weighted by Crippen LogP contribution is 2.29. The van der Waals surface area contributed by atoms with E-state index in [1.807, 2.05) is 24.3 Å². The van der Waals surface area contributed by atoms with E-state index in [1.165, 1.54) is 5.56 Å². The molecule has 0 heterocycles. The minimum atomic E-state index is -4.31. The van der Waals surface area contributed by atoms with Crippen molar-refractivity contribution in [2.45, 2.75) is 44.2 Å². The lowest BCUT2D eigenvalue weighted by Gasteiger charge is -2.23. The molecule has 1 atom stereocenters. The fourth-order valence-corrected chi connectivity index (χ4v) is 1.96. The van der Waals surface area contributed by atoms with Crippen LogP contribution in [0.1, 0.15) is 43.7 Å². The molecule has 0 radical (unpaired) electrons. The molecule has 0 fully saturated rings. The maximum Gasteiger partial charge on any atom is 0.411 e. The molecular formula is C15H20ClF3O. The molecule has 0 aliphatic rings. The second kappa shape index (κ2) is 6.81. The minimum Gasteiger partial charge on any atom is -0.370 e. The summed E-state index contributed by atoms with van der Waals surface area (Å²) in [6.45, 7) is 4.98. The number of ether oxygens (including phenoxy) is 1. The van der Waals surface area contributed by atoms with Crippen LogP contribution < -0.4 is 0 Å². The molecular weight excluding hydrogens is 289 g/mol. The van der Waals surface area contributed by atoms with E-state index >= 15 is 0 Å². The summed E-state index contributed by atoms with van der Waals surface area (Å²) in [5, 5.41) is -0.573. The van der Waals surface area contributed by atoms with Crippen LogP contribution in [0.2, 0.25) is 0 Å². The molecule has 0 saturated heterocycles. The van der Waals surface area contributed by atoms with E-state index in [-0.39, 0.29) is 12.0 Å². The van der Waals surface area contributed by atoms with Crippen LogP contribution in [0, 0.1) is 0 Å². The van der Waals surface area contributed by atoms with Crippen LogP contribution in [0.5, 0.6) is 0 Å². The first-order valence-electron chi connectivity index (χ1n) is 6.55. The van der Waals surface area contributed by atoms with E-state index in [9.17, 15) is 13.2 Å². The van der Waals surface area contributed by atoms with Crippen LogP contribution in [0.15, 0.2) is 24.3 Å². The molecule has 0 aliphatic heterocycles. The van der Waals surface area contributed by atoms with Crippen molar-refractivity contribution in [1.82, 2.24) is 0 Å². The van der Waals surface area contributed by atoms with Crippen LogP contribution in [0.4, 0.5) is 13.2 Å². The van der Waals surface area contributed by atoms with Gasteiger partial charge < -0.3 is 4.74 Å². The predicted octanol–water partition coefficient (Wildman–Crippen LogP) is 5.23. The lowest BCUT2D eigenvalue weighted by molar-refractivity contribution is -0.173. The fraction of sp³-hybridized carbons (Fsp3) is 0.600. The van der Waals surface area contributed by atoms with Gasteiger partial charge in [0.05, 0.1) is 12.0 Å². The molecule has 0 spiro atoms. The Morgan fingerprint density at radius 3 is 2.15 bits per heavy atom. The van der Waals surface area contributed by atoms with E-state index in [1.54, 1.807) is 0 Å². The molecule has 0 saturated carbocycles. The highest BCUT2D eigenvalue weighted by atomic mass is 35.5.